The van der Waals surface area contributed by atoms with Crippen LogP contribution in [0, 0.1) is 0 Å². The lowest BCUT2D eigenvalue weighted by Crippen LogP contribution is -2.01. The molecule has 0 radical (unpaired) electrons. The zero-order valence-electron chi connectivity index (χ0n) is 8.33. The number of aromatic nitrogens is 1. The Labute approximate surface area is 91.9 Å². The van der Waals surface area contributed by atoms with Gasteiger partial charge in [-0.2, -0.15) is 0 Å². The topological polar surface area (TPSA) is 63.3 Å². The summed E-state index contributed by atoms with van der Waals surface area (Å²) >= 11 is 0. The van der Waals surface area contributed by atoms with Crippen molar-refractivity contribution in [3.63, 3.8) is 0 Å². The van der Waals surface area contributed by atoms with Crippen LogP contribution in [0.2, 0.25) is 0 Å². The molecule has 0 spiro atoms. The summed E-state index contributed by atoms with van der Waals surface area (Å²) in [5.41, 5.74) is 0.516. The van der Waals surface area contributed by atoms with Crippen LogP contribution in [0.15, 0.2) is 47.2 Å². The van der Waals surface area contributed by atoms with Crippen molar-refractivity contribution in [2.24, 2.45) is 0 Å². The highest BCUT2D eigenvalue weighted by Crippen LogP contribution is 2.16. The van der Waals surface area contributed by atoms with E-state index in [4.69, 9.17) is 9.52 Å². The molecular weight excluding hydrogens is 206 g/mol. The number of nitrogens with zero attached hydrogens (tertiary/aromatic N) is 1. The van der Waals surface area contributed by atoms with E-state index in [2.05, 4.69) is 4.98 Å². The summed E-state index contributed by atoms with van der Waals surface area (Å²) in [6.07, 6.45) is 4.49. The first-order chi connectivity index (χ1) is 7.77. The van der Waals surface area contributed by atoms with E-state index in [0.717, 1.165) is 0 Å². The number of rotatable bonds is 3. The summed E-state index contributed by atoms with van der Waals surface area (Å²) in [6.45, 7) is 0. The molecule has 2 aromatic heterocycles. The molecule has 16 heavy (non-hydrogen) atoms. The molecule has 0 unspecified atom stereocenters. The zero-order valence-corrected chi connectivity index (χ0v) is 8.33. The average molecular weight is 215 g/mol. The van der Waals surface area contributed by atoms with Gasteiger partial charge in [0, 0.05) is 6.20 Å². The SMILES string of the molecule is O=C(O)/C(=C/c1ccco1)c1ccccn1. The molecule has 0 bridgehead atoms. The third kappa shape index (κ3) is 2.17. The van der Waals surface area contributed by atoms with Gasteiger partial charge in [0.15, 0.2) is 0 Å². The molecule has 0 atom stereocenters. The van der Waals surface area contributed by atoms with E-state index in [1.807, 2.05) is 0 Å². The van der Waals surface area contributed by atoms with Crippen LogP contribution in [-0.4, -0.2) is 16.1 Å². The maximum Gasteiger partial charge on any atom is 0.338 e. The van der Waals surface area contributed by atoms with Crippen LogP contribution < -0.4 is 0 Å². The number of carboxylic acid groups (broad SMARTS) is 1. The molecule has 0 aliphatic carbocycles. The van der Waals surface area contributed by atoms with Crippen LogP contribution in [0.3, 0.4) is 0 Å². The lowest BCUT2D eigenvalue weighted by molar-refractivity contribution is -0.130. The van der Waals surface area contributed by atoms with E-state index in [0.29, 0.717) is 11.5 Å². The number of hydrogen-bond donors (Lipinski definition) is 1. The van der Waals surface area contributed by atoms with Gasteiger partial charge in [0.05, 0.1) is 17.5 Å². The fourth-order valence-corrected chi connectivity index (χ4v) is 1.28. The lowest BCUT2D eigenvalue weighted by Gasteiger charge is -1.99. The second-order valence-electron chi connectivity index (χ2n) is 3.09. The van der Waals surface area contributed by atoms with E-state index >= 15 is 0 Å². The van der Waals surface area contributed by atoms with Crippen LogP contribution in [0.4, 0.5) is 0 Å². The van der Waals surface area contributed by atoms with Crippen LogP contribution >= 0.6 is 0 Å². The first-order valence-electron chi connectivity index (χ1n) is 4.67. The standard InChI is InChI=1S/C12H9NO3/c14-12(15)10(8-9-4-3-7-16-9)11-5-1-2-6-13-11/h1-8H,(H,14,15)/b10-8+. The Kier molecular flexibility index (Phi) is 2.82. The summed E-state index contributed by atoms with van der Waals surface area (Å²) in [4.78, 5) is 15.1. The van der Waals surface area contributed by atoms with Crippen molar-refractivity contribution in [3.05, 3.63) is 54.2 Å². The Morgan fingerprint density at radius 2 is 2.19 bits per heavy atom. The summed E-state index contributed by atoms with van der Waals surface area (Å²) in [5, 5.41) is 9.08. The van der Waals surface area contributed by atoms with Gasteiger partial charge in [-0.05, 0) is 30.3 Å². The summed E-state index contributed by atoms with van der Waals surface area (Å²) in [7, 11) is 0. The minimum Gasteiger partial charge on any atom is -0.478 e. The maximum atomic E-state index is 11.1. The highest BCUT2D eigenvalue weighted by Gasteiger charge is 2.11. The number of furan rings is 1. The number of carbonyl (C=O) groups is 1. The third-order valence-electron chi connectivity index (χ3n) is 2.00. The summed E-state index contributed by atoms with van der Waals surface area (Å²) in [6, 6.07) is 8.50. The smallest absolute Gasteiger partial charge is 0.338 e. The van der Waals surface area contributed by atoms with E-state index in [1.165, 1.54) is 12.3 Å². The van der Waals surface area contributed by atoms with Crippen molar-refractivity contribution in [2.75, 3.05) is 0 Å². The van der Waals surface area contributed by atoms with Crippen molar-refractivity contribution < 1.29 is 14.3 Å². The number of pyridine rings is 1. The number of aliphatic carboxylic acids is 1. The fraction of sp³-hybridized carbons (Fsp3) is 0. The highest BCUT2D eigenvalue weighted by atomic mass is 16.4. The van der Waals surface area contributed by atoms with Gasteiger partial charge >= 0.3 is 5.97 Å². The van der Waals surface area contributed by atoms with Crippen molar-refractivity contribution in [1.82, 2.24) is 4.98 Å². The molecule has 0 fully saturated rings. The Bertz CT molecular complexity index is 500. The first-order valence-corrected chi connectivity index (χ1v) is 4.67. The number of hydrogen-bond acceptors (Lipinski definition) is 3. The third-order valence-corrected chi connectivity index (χ3v) is 2.00. The fourth-order valence-electron chi connectivity index (χ4n) is 1.28. The van der Waals surface area contributed by atoms with Crippen molar-refractivity contribution in [2.45, 2.75) is 0 Å². The lowest BCUT2D eigenvalue weighted by atomic mass is 10.1. The van der Waals surface area contributed by atoms with E-state index in [-0.39, 0.29) is 5.57 Å². The van der Waals surface area contributed by atoms with Gasteiger partial charge in [-0.15, -0.1) is 0 Å². The molecule has 0 aromatic carbocycles. The van der Waals surface area contributed by atoms with Gasteiger partial charge in [-0.3, -0.25) is 4.98 Å². The molecule has 1 N–H and O–H groups in total. The molecule has 0 aliphatic rings. The molecule has 0 saturated heterocycles. The molecule has 4 nitrogen and oxygen atoms in total. The van der Waals surface area contributed by atoms with Gasteiger partial charge in [0.25, 0.3) is 0 Å². The predicted molar refractivity (Wildman–Crippen MR) is 58.5 cm³/mol. The first kappa shape index (κ1) is 10.2. The molecule has 0 amide bonds. The van der Waals surface area contributed by atoms with Crippen LogP contribution in [0.25, 0.3) is 11.6 Å². The van der Waals surface area contributed by atoms with E-state index in [9.17, 15) is 4.79 Å². The molecule has 4 heteroatoms. The van der Waals surface area contributed by atoms with Crippen molar-refractivity contribution in [3.8, 4) is 0 Å². The molecule has 0 aliphatic heterocycles. The van der Waals surface area contributed by atoms with Gasteiger partial charge in [0.2, 0.25) is 0 Å². The van der Waals surface area contributed by atoms with Crippen LogP contribution in [0.5, 0.6) is 0 Å². The number of carboxylic acids is 1. The van der Waals surface area contributed by atoms with E-state index in [1.54, 1.807) is 36.5 Å². The Hall–Kier alpha value is -2.36. The summed E-state index contributed by atoms with van der Waals surface area (Å²) < 4.78 is 5.07. The quantitative estimate of drug-likeness (QED) is 0.798. The van der Waals surface area contributed by atoms with E-state index < -0.39 is 5.97 Å². The van der Waals surface area contributed by atoms with Crippen molar-refractivity contribution in [1.29, 1.82) is 0 Å². The largest absolute Gasteiger partial charge is 0.478 e. The van der Waals surface area contributed by atoms with Gasteiger partial charge in [-0.1, -0.05) is 6.07 Å². The molecule has 2 aromatic rings. The monoisotopic (exact) mass is 215 g/mol. The Morgan fingerprint density at radius 1 is 1.31 bits per heavy atom. The van der Waals surface area contributed by atoms with Gasteiger partial charge < -0.3 is 9.52 Å². The van der Waals surface area contributed by atoms with Gasteiger partial charge in [0.1, 0.15) is 5.76 Å². The van der Waals surface area contributed by atoms with Crippen molar-refractivity contribution >= 4 is 17.6 Å². The maximum absolute atomic E-state index is 11.1. The minimum atomic E-state index is -1.03. The molecular formula is C12H9NO3. The summed E-state index contributed by atoms with van der Waals surface area (Å²) in [5.74, 6) is -0.543. The molecule has 2 rings (SSSR count). The molecule has 0 saturated carbocycles. The zero-order chi connectivity index (χ0) is 11.4. The molecule has 80 valence electrons. The Balaban J connectivity index is 2.43. The minimum absolute atomic E-state index is 0.107. The Morgan fingerprint density at radius 3 is 2.75 bits per heavy atom. The highest BCUT2D eigenvalue weighted by molar-refractivity contribution is 6.19. The normalized spacial score (nSPS) is 11.4. The molecule has 2 heterocycles. The van der Waals surface area contributed by atoms with Crippen LogP contribution in [-0.2, 0) is 4.79 Å². The average Bonchev–Trinajstić information content (AvgIpc) is 2.79. The van der Waals surface area contributed by atoms with Crippen LogP contribution in [0.1, 0.15) is 11.5 Å². The van der Waals surface area contributed by atoms with Gasteiger partial charge in [-0.25, -0.2) is 4.79 Å². The predicted octanol–water partition coefficient (Wildman–Crippen LogP) is 2.30. The second-order valence-corrected chi connectivity index (χ2v) is 3.09. The second kappa shape index (κ2) is 4.44.